The van der Waals surface area contributed by atoms with Gasteiger partial charge in [-0.3, -0.25) is 4.90 Å². The maximum absolute atomic E-state index is 6.40. The van der Waals surface area contributed by atoms with Gasteiger partial charge in [0.25, 0.3) is 0 Å². The Kier molecular flexibility index (Phi) is 5.23. The third kappa shape index (κ3) is 3.29. The van der Waals surface area contributed by atoms with Gasteiger partial charge in [0.15, 0.2) is 23.0 Å². The first kappa shape index (κ1) is 19.6. The molecule has 5 rings (SSSR count). The summed E-state index contributed by atoms with van der Waals surface area (Å²) in [6.07, 6.45) is 7.12. The fourth-order valence-electron chi connectivity index (χ4n) is 5.43. The SMILES string of the molecule is COc1cc2c(cc1OC1CCCC1)C1Cc3ccc(OC)c(OC)c3CN1CC2. The molecule has 0 spiro atoms. The van der Waals surface area contributed by atoms with Crippen LogP contribution in [-0.2, 0) is 19.4 Å². The molecule has 0 radical (unpaired) electrons. The Morgan fingerprint density at radius 3 is 2.40 bits per heavy atom. The van der Waals surface area contributed by atoms with E-state index in [0.717, 1.165) is 61.8 Å². The van der Waals surface area contributed by atoms with Gasteiger partial charge >= 0.3 is 0 Å². The third-order valence-corrected chi connectivity index (χ3v) is 7.01. The van der Waals surface area contributed by atoms with Gasteiger partial charge in [-0.1, -0.05) is 6.07 Å². The van der Waals surface area contributed by atoms with E-state index in [9.17, 15) is 0 Å². The first-order chi connectivity index (χ1) is 14.7. The van der Waals surface area contributed by atoms with E-state index in [-0.39, 0.29) is 0 Å². The van der Waals surface area contributed by atoms with E-state index in [2.05, 4.69) is 23.1 Å². The van der Waals surface area contributed by atoms with Crippen molar-refractivity contribution in [3.05, 3.63) is 46.5 Å². The molecule has 1 unspecified atom stereocenters. The second-order valence-electron chi connectivity index (χ2n) is 8.61. The molecular weight excluding hydrogens is 378 g/mol. The van der Waals surface area contributed by atoms with E-state index in [1.807, 2.05) is 6.07 Å². The Bertz CT molecular complexity index is 935. The average Bonchev–Trinajstić information content (AvgIpc) is 3.29. The molecule has 2 heterocycles. The van der Waals surface area contributed by atoms with E-state index in [0.29, 0.717) is 12.1 Å². The lowest BCUT2D eigenvalue weighted by Gasteiger charge is -2.42. The summed E-state index contributed by atoms with van der Waals surface area (Å²) in [6.45, 7) is 1.91. The summed E-state index contributed by atoms with van der Waals surface area (Å²) >= 11 is 0. The Hall–Kier alpha value is -2.40. The van der Waals surface area contributed by atoms with Gasteiger partial charge in [-0.2, -0.15) is 0 Å². The minimum Gasteiger partial charge on any atom is -0.493 e. The van der Waals surface area contributed by atoms with Crippen LogP contribution in [0.3, 0.4) is 0 Å². The molecule has 2 aromatic carbocycles. The van der Waals surface area contributed by atoms with Crippen LogP contribution in [0.4, 0.5) is 0 Å². The first-order valence-corrected chi connectivity index (χ1v) is 11.1. The number of nitrogens with zero attached hydrogens (tertiary/aromatic N) is 1. The van der Waals surface area contributed by atoms with E-state index in [4.69, 9.17) is 18.9 Å². The summed E-state index contributed by atoms with van der Waals surface area (Å²) in [6, 6.07) is 9.05. The highest BCUT2D eigenvalue weighted by molar-refractivity contribution is 5.54. The summed E-state index contributed by atoms with van der Waals surface area (Å²) < 4.78 is 23.3. The van der Waals surface area contributed by atoms with Gasteiger partial charge in [-0.25, -0.2) is 0 Å². The monoisotopic (exact) mass is 409 g/mol. The largest absolute Gasteiger partial charge is 0.493 e. The number of ether oxygens (including phenoxy) is 4. The number of methoxy groups -OCH3 is 3. The van der Waals surface area contributed by atoms with Crippen LogP contribution in [0.15, 0.2) is 24.3 Å². The molecule has 0 aromatic heterocycles. The summed E-state index contributed by atoms with van der Waals surface area (Å²) in [7, 11) is 5.18. The lowest BCUT2D eigenvalue weighted by molar-refractivity contribution is 0.155. The number of fused-ring (bicyclic) bond motifs is 4. The van der Waals surface area contributed by atoms with Crippen LogP contribution in [0.1, 0.15) is 54.0 Å². The van der Waals surface area contributed by atoms with Crippen LogP contribution < -0.4 is 18.9 Å². The van der Waals surface area contributed by atoms with Gasteiger partial charge in [-0.05, 0) is 73.4 Å². The zero-order valence-corrected chi connectivity index (χ0v) is 18.2. The topological polar surface area (TPSA) is 40.2 Å². The molecule has 1 fully saturated rings. The molecule has 1 aliphatic carbocycles. The minimum atomic E-state index is 0.320. The van der Waals surface area contributed by atoms with Crippen molar-refractivity contribution < 1.29 is 18.9 Å². The Balaban J connectivity index is 1.50. The van der Waals surface area contributed by atoms with Crippen LogP contribution in [0.5, 0.6) is 23.0 Å². The number of hydrogen-bond donors (Lipinski definition) is 0. The predicted octanol–water partition coefficient (Wildman–Crippen LogP) is 4.69. The fraction of sp³-hybridized carbons (Fsp3) is 0.520. The molecule has 30 heavy (non-hydrogen) atoms. The van der Waals surface area contributed by atoms with Crippen LogP contribution in [-0.4, -0.2) is 38.9 Å². The second kappa shape index (κ2) is 8.03. The maximum atomic E-state index is 6.40. The van der Waals surface area contributed by atoms with E-state index < -0.39 is 0 Å². The summed E-state index contributed by atoms with van der Waals surface area (Å²) in [5, 5.41) is 0. The van der Waals surface area contributed by atoms with Crippen molar-refractivity contribution in [2.75, 3.05) is 27.9 Å². The smallest absolute Gasteiger partial charge is 0.165 e. The number of benzene rings is 2. The molecule has 0 bridgehead atoms. The molecule has 1 atom stereocenters. The van der Waals surface area contributed by atoms with Crippen molar-refractivity contribution in [3.8, 4) is 23.0 Å². The van der Waals surface area contributed by atoms with Crippen molar-refractivity contribution in [3.63, 3.8) is 0 Å². The molecule has 5 heteroatoms. The van der Waals surface area contributed by atoms with Gasteiger partial charge in [0, 0.05) is 24.7 Å². The van der Waals surface area contributed by atoms with Gasteiger partial charge in [0.1, 0.15) is 0 Å². The quantitative estimate of drug-likeness (QED) is 0.717. The minimum absolute atomic E-state index is 0.320. The molecule has 0 saturated heterocycles. The highest BCUT2D eigenvalue weighted by atomic mass is 16.5. The second-order valence-corrected chi connectivity index (χ2v) is 8.61. The van der Waals surface area contributed by atoms with Crippen molar-refractivity contribution in [2.24, 2.45) is 0 Å². The van der Waals surface area contributed by atoms with Gasteiger partial charge in [0.05, 0.1) is 27.4 Å². The van der Waals surface area contributed by atoms with Crippen LogP contribution in [0.25, 0.3) is 0 Å². The third-order valence-electron chi connectivity index (χ3n) is 7.01. The molecule has 160 valence electrons. The van der Waals surface area contributed by atoms with E-state index >= 15 is 0 Å². The molecular formula is C25H31NO4. The van der Waals surface area contributed by atoms with Gasteiger partial charge < -0.3 is 18.9 Å². The summed E-state index contributed by atoms with van der Waals surface area (Å²) in [5.41, 5.74) is 5.37. The highest BCUT2D eigenvalue weighted by Crippen LogP contribution is 2.46. The lowest BCUT2D eigenvalue weighted by Crippen LogP contribution is -2.39. The number of rotatable bonds is 5. The zero-order valence-electron chi connectivity index (χ0n) is 18.2. The normalized spacial score (nSPS) is 20.8. The molecule has 5 nitrogen and oxygen atoms in total. The lowest BCUT2D eigenvalue weighted by atomic mass is 9.83. The molecule has 2 aliphatic heterocycles. The van der Waals surface area contributed by atoms with Crippen LogP contribution >= 0.6 is 0 Å². The van der Waals surface area contributed by atoms with Crippen molar-refractivity contribution in [2.45, 2.75) is 57.2 Å². The Morgan fingerprint density at radius 2 is 1.67 bits per heavy atom. The Morgan fingerprint density at radius 1 is 0.867 bits per heavy atom. The van der Waals surface area contributed by atoms with Crippen molar-refractivity contribution in [1.82, 2.24) is 4.90 Å². The van der Waals surface area contributed by atoms with Crippen LogP contribution in [0, 0.1) is 0 Å². The number of hydrogen-bond acceptors (Lipinski definition) is 5. The van der Waals surface area contributed by atoms with Gasteiger partial charge in [0.2, 0.25) is 0 Å². The Labute approximate surface area is 178 Å². The highest BCUT2D eigenvalue weighted by Gasteiger charge is 2.35. The van der Waals surface area contributed by atoms with Crippen LogP contribution in [0.2, 0.25) is 0 Å². The fourth-order valence-corrected chi connectivity index (χ4v) is 5.43. The standard InChI is InChI=1S/C25H31NO4/c1-27-22-9-8-16-12-21-19-14-24(30-18-6-4-5-7-18)23(28-2)13-17(19)10-11-26(21)15-20(16)25(22)29-3/h8-9,13-14,18,21H,4-7,10-12,15H2,1-3H3. The maximum Gasteiger partial charge on any atom is 0.165 e. The molecule has 1 saturated carbocycles. The van der Waals surface area contributed by atoms with E-state index in [1.165, 1.54) is 35.1 Å². The molecule has 2 aromatic rings. The average molecular weight is 410 g/mol. The zero-order chi connectivity index (χ0) is 20.7. The summed E-state index contributed by atoms with van der Waals surface area (Å²) in [5.74, 6) is 3.46. The molecule has 0 N–H and O–H groups in total. The molecule has 3 aliphatic rings. The first-order valence-electron chi connectivity index (χ1n) is 11.1. The molecule has 0 amide bonds. The van der Waals surface area contributed by atoms with Crippen molar-refractivity contribution >= 4 is 0 Å². The van der Waals surface area contributed by atoms with Gasteiger partial charge in [-0.15, -0.1) is 0 Å². The van der Waals surface area contributed by atoms with Crippen molar-refractivity contribution in [1.29, 1.82) is 0 Å². The van der Waals surface area contributed by atoms with E-state index in [1.54, 1.807) is 21.3 Å². The summed E-state index contributed by atoms with van der Waals surface area (Å²) in [4.78, 5) is 2.57. The predicted molar refractivity (Wildman–Crippen MR) is 116 cm³/mol.